The second-order valence-electron chi connectivity index (χ2n) is 5.97. The van der Waals surface area contributed by atoms with Gasteiger partial charge in [0.2, 0.25) is 0 Å². The number of nitrogens with zero attached hydrogens (tertiary/aromatic N) is 3. The van der Waals surface area contributed by atoms with E-state index in [-0.39, 0.29) is 12.6 Å². The van der Waals surface area contributed by atoms with E-state index in [1.807, 2.05) is 21.7 Å². The quantitative estimate of drug-likeness (QED) is 0.833. The molecule has 0 unspecified atom stereocenters. The lowest BCUT2D eigenvalue weighted by atomic mass is 9.85. The highest BCUT2D eigenvalue weighted by Crippen LogP contribution is 2.27. The SMILES string of the molecule is CN(CC1CCC1)C(=O)N1CCCN(CC(=O)O)CC1. The van der Waals surface area contributed by atoms with E-state index in [1.165, 1.54) is 19.3 Å². The van der Waals surface area contributed by atoms with Gasteiger partial charge in [0.15, 0.2) is 0 Å². The summed E-state index contributed by atoms with van der Waals surface area (Å²) in [6.07, 6.45) is 4.62. The maximum Gasteiger partial charge on any atom is 0.319 e. The second-order valence-corrected chi connectivity index (χ2v) is 5.97. The van der Waals surface area contributed by atoms with Crippen LogP contribution in [-0.2, 0) is 4.79 Å². The van der Waals surface area contributed by atoms with Crippen molar-refractivity contribution in [3.05, 3.63) is 0 Å². The van der Waals surface area contributed by atoms with E-state index in [9.17, 15) is 9.59 Å². The van der Waals surface area contributed by atoms with Crippen molar-refractivity contribution in [2.75, 3.05) is 46.3 Å². The van der Waals surface area contributed by atoms with Crippen LogP contribution in [0.25, 0.3) is 0 Å². The van der Waals surface area contributed by atoms with Crippen molar-refractivity contribution in [1.82, 2.24) is 14.7 Å². The van der Waals surface area contributed by atoms with Crippen molar-refractivity contribution < 1.29 is 14.7 Å². The normalized spacial score (nSPS) is 21.1. The molecule has 0 radical (unpaired) electrons. The van der Waals surface area contributed by atoms with Gasteiger partial charge in [-0.05, 0) is 25.2 Å². The topological polar surface area (TPSA) is 64.1 Å². The molecule has 1 heterocycles. The third-order valence-corrected chi connectivity index (χ3v) is 4.30. The molecule has 1 saturated carbocycles. The molecule has 6 heteroatoms. The van der Waals surface area contributed by atoms with Crippen molar-refractivity contribution in [2.24, 2.45) is 5.92 Å². The van der Waals surface area contributed by atoms with Crippen LogP contribution in [0.15, 0.2) is 0 Å². The maximum atomic E-state index is 12.4. The predicted octanol–water partition coefficient (Wildman–Crippen LogP) is 0.931. The molecule has 114 valence electrons. The fourth-order valence-electron chi connectivity index (χ4n) is 2.89. The van der Waals surface area contributed by atoms with Gasteiger partial charge in [-0.2, -0.15) is 0 Å². The second kappa shape index (κ2) is 6.92. The van der Waals surface area contributed by atoms with Crippen LogP contribution in [0.5, 0.6) is 0 Å². The number of aliphatic carboxylic acids is 1. The van der Waals surface area contributed by atoms with Crippen LogP contribution in [0.1, 0.15) is 25.7 Å². The van der Waals surface area contributed by atoms with Crippen LogP contribution in [0.3, 0.4) is 0 Å². The maximum absolute atomic E-state index is 12.4. The molecule has 1 N–H and O–H groups in total. The van der Waals surface area contributed by atoms with Crippen molar-refractivity contribution >= 4 is 12.0 Å². The zero-order valence-electron chi connectivity index (χ0n) is 12.3. The average molecular weight is 283 g/mol. The van der Waals surface area contributed by atoms with Crippen molar-refractivity contribution in [1.29, 1.82) is 0 Å². The lowest BCUT2D eigenvalue weighted by molar-refractivity contribution is -0.138. The number of carbonyl (C=O) groups is 2. The molecule has 2 rings (SSSR count). The van der Waals surface area contributed by atoms with Crippen LogP contribution in [0, 0.1) is 5.92 Å². The van der Waals surface area contributed by atoms with Crippen LogP contribution >= 0.6 is 0 Å². The van der Waals surface area contributed by atoms with Crippen molar-refractivity contribution in [3.63, 3.8) is 0 Å². The van der Waals surface area contributed by atoms with E-state index < -0.39 is 5.97 Å². The first-order chi connectivity index (χ1) is 9.56. The van der Waals surface area contributed by atoms with Gasteiger partial charge in [-0.3, -0.25) is 9.69 Å². The van der Waals surface area contributed by atoms with Crippen molar-refractivity contribution in [2.45, 2.75) is 25.7 Å². The zero-order chi connectivity index (χ0) is 14.5. The Morgan fingerprint density at radius 3 is 2.50 bits per heavy atom. The number of hydrogen-bond donors (Lipinski definition) is 1. The lowest BCUT2D eigenvalue weighted by Gasteiger charge is -2.33. The Kier molecular flexibility index (Phi) is 5.23. The number of carboxylic acids is 1. The summed E-state index contributed by atoms with van der Waals surface area (Å²) in [4.78, 5) is 28.7. The molecular formula is C14H25N3O3. The summed E-state index contributed by atoms with van der Waals surface area (Å²) in [5.74, 6) is -0.119. The van der Waals surface area contributed by atoms with E-state index in [4.69, 9.17) is 5.11 Å². The summed E-state index contributed by atoms with van der Waals surface area (Å²) in [6, 6.07) is 0.0917. The molecule has 1 aliphatic heterocycles. The van der Waals surface area contributed by atoms with Gasteiger partial charge in [0.25, 0.3) is 0 Å². The summed E-state index contributed by atoms with van der Waals surface area (Å²) in [5.41, 5.74) is 0. The monoisotopic (exact) mass is 283 g/mol. The molecule has 1 aliphatic carbocycles. The molecule has 2 aliphatic rings. The number of carbonyl (C=O) groups excluding carboxylic acids is 1. The van der Waals surface area contributed by atoms with Gasteiger partial charge < -0.3 is 14.9 Å². The smallest absolute Gasteiger partial charge is 0.319 e. The molecule has 0 spiro atoms. The van der Waals surface area contributed by atoms with Crippen LogP contribution < -0.4 is 0 Å². The van der Waals surface area contributed by atoms with Gasteiger partial charge in [-0.25, -0.2) is 4.79 Å². The molecule has 2 amide bonds. The van der Waals surface area contributed by atoms with E-state index in [2.05, 4.69) is 0 Å². The number of rotatable bonds is 4. The number of amides is 2. The minimum atomic E-state index is -0.799. The van der Waals surface area contributed by atoms with E-state index >= 15 is 0 Å². The van der Waals surface area contributed by atoms with Crippen LogP contribution in [0.4, 0.5) is 4.79 Å². The highest BCUT2D eigenvalue weighted by atomic mass is 16.4. The molecule has 0 bridgehead atoms. The van der Waals surface area contributed by atoms with E-state index in [1.54, 1.807) is 0 Å². The summed E-state index contributed by atoms with van der Waals surface area (Å²) in [7, 11) is 1.88. The Balaban J connectivity index is 1.79. The Hall–Kier alpha value is -1.30. The molecule has 0 aromatic rings. The fraction of sp³-hybridized carbons (Fsp3) is 0.857. The summed E-state index contributed by atoms with van der Waals surface area (Å²) in [6.45, 7) is 3.68. The van der Waals surface area contributed by atoms with Gasteiger partial charge in [-0.15, -0.1) is 0 Å². The fourth-order valence-corrected chi connectivity index (χ4v) is 2.89. The van der Waals surface area contributed by atoms with Gasteiger partial charge >= 0.3 is 12.0 Å². The third kappa shape index (κ3) is 4.10. The van der Waals surface area contributed by atoms with Gasteiger partial charge in [0.1, 0.15) is 0 Å². The number of hydrogen-bond acceptors (Lipinski definition) is 3. The van der Waals surface area contributed by atoms with Gasteiger partial charge in [0, 0.05) is 39.8 Å². The minimum Gasteiger partial charge on any atom is -0.480 e. The average Bonchev–Trinajstić information content (AvgIpc) is 2.57. The molecule has 20 heavy (non-hydrogen) atoms. The van der Waals surface area contributed by atoms with Crippen LogP contribution in [0.2, 0.25) is 0 Å². The third-order valence-electron chi connectivity index (χ3n) is 4.30. The highest BCUT2D eigenvalue weighted by molar-refractivity contribution is 5.74. The van der Waals surface area contributed by atoms with Gasteiger partial charge in [0.05, 0.1) is 6.54 Å². The van der Waals surface area contributed by atoms with E-state index in [0.717, 1.165) is 26.1 Å². The summed E-state index contributed by atoms with van der Waals surface area (Å²) >= 11 is 0. The van der Waals surface area contributed by atoms with Gasteiger partial charge in [-0.1, -0.05) is 6.42 Å². The zero-order valence-corrected chi connectivity index (χ0v) is 12.3. The number of urea groups is 1. The van der Waals surface area contributed by atoms with Crippen LogP contribution in [-0.4, -0.2) is 78.1 Å². The number of carboxylic acid groups (broad SMARTS) is 1. The molecule has 6 nitrogen and oxygen atoms in total. The van der Waals surface area contributed by atoms with E-state index in [0.29, 0.717) is 19.0 Å². The predicted molar refractivity (Wildman–Crippen MR) is 75.6 cm³/mol. The Bertz CT molecular complexity index is 358. The largest absolute Gasteiger partial charge is 0.480 e. The standard InChI is InChI=1S/C14H25N3O3/c1-15(10-12-4-2-5-12)14(20)17-7-3-6-16(8-9-17)11-13(18)19/h12H,2-11H2,1H3,(H,18,19). The Labute approximate surface area is 120 Å². The lowest BCUT2D eigenvalue weighted by Crippen LogP contribution is -2.45. The Morgan fingerprint density at radius 2 is 1.90 bits per heavy atom. The molecule has 1 saturated heterocycles. The first-order valence-electron chi connectivity index (χ1n) is 7.50. The molecule has 2 fully saturated rings. The first-order valence-corrected chi connectivity index (χ1v) is 7.50. The molecule has 0 aromatic heterocycles. The summed E-state index contributed by atoms with van der Waals surface area (Å²) < 4.78 is 0. The molecular weight excluding hydrogens is 258 g/mol. The minimum absolute atomic E-state index is 0.0694. The first kappa shape index (κ1) is 15.1. The molecule has 0 aromatic carbocycles. The summed E-state index contributed by atoms with van der Waals surface area (Å²) in [5, 5.41) is 8.82. The molecule has 0 atom stereocenters. The Morgan fingerprint density at radius 1 is 1.15 bits per heavy atom. The highest BCUT2D eigenvalue weighted by Gasteiger charge is 2.26. The van der Waals surface area contributed by atoms with Crippen molar-refractivity contribution in [3.8, 4) is 0 Å².